The topological polar surface area (TPSA) is 0 Å². The number of hydrogen-bond donors (Lipinski definition) is 0. The second-order valence-corrected chi connectivity index (χ2v) is 10.6. The molecule has 3 rings (SSSR count). The molecule has 0 saturated carbocycles. The van der Waals surface area contributed by atoms with Gasteiger partial charge in [0.25, 0.3) is 0 Å². The summed E-state index contributed by atoms with van der Waals surface area (Å²) in [4.78, 5) is -5.64. The lowest BCUT2D eigenvalue weighted by molar-refractivity contribution is 0.360. The van der Waals surface area contributed by atoms with E-state index in [9.17, 15) is 65.9 Å². The van der Waals surface area contributed by atoms with Gasteiger partial charge in [0, 0.05) is 0 Å². The second kappa shape index (κ2) is 10.8. The van der Waals surface area contributed by atoms with Gasteiger partial charge in [0.15, 0.2) is 69.8 Å². The zero-order valence-corrected chi connectivity index (χ0v) is 18.9. The molecule has 0 aliphatic heterocycles. The highest BCUT2D eigenvalue weighted by atomic mass is 32.3. The molecular formula is C19HF15S3. The predicted molar refractivity (Wildman–Crippen MR) is 100 cm³/mol. The highest BCUT2D eigenvalue weighted by Crippen LogP contribution is 2.50. The molecular weight excluding hydrogens is 609 g/mol. The van der Waals surface area contributed by atoms with Crippen molar-refractivity contribution in [2.24, 2.45) is 0 Å². The van der Waals surface area contributed by atoms with Crippen LogP contribution in [0.4, 0.5) is 65.9 Å². The van der Waals surface area contributed by atoms with Gasteiger partial charge in [0.05, 0.1) is 14.7 Å². The number of rotatable bonds is 6. The van der Waals surface area contributed by atoms with E-state index >= 15 is 0 Å². The fourth-order valence-corrected chi connectivity index (χ4v) is 6.47. The Labute approximate surface area is 207 Å². The van der Waals surface area contributed by atoms with Crippen molar-refractivity contribution < 1.29 is 65.9 Å². The molecule has 0 aliphatic rings. The van der Waals surface area contributed by atoms with Gasteiger partial charge in [0.1, 0.15) is 3.91 Å². The Balaban J connectivity index is 2.22. The molecule has 0 amide bonds. The smallest absolute Gasteiger partial charge is 0.200 e. The molecule has 200 valence electrons. The van der Waals surface area contributed by atoms with Gasteiger partial charge in [0.2, 0.25) is 17.5 Å². The molecule has 0 N–H and O–H groups in total. The van der Waals surface area contributed by atoms with Crippen molar-refractivity contribution in [3.63, 3.8) is 0 Å². The molecule has 0 unspecified atom stereocenters. The quantitative estimate of drug-likeness (QED) is 0.0901. The van der Waals surface area contributed by atoms with Crippen molar-refractivity contribution >= 4 is 35.3 Å². The van der Waals surface area contributed by atoms with Crippen LogP contribution in [0.2, 0.25) is 0 Å². The van der Waals surface area contributed by atoms with E-state index in [1.807, 2.05) is 0 Å². The monoisotopic (exact) mass is 610 g/mol. The summed E-state index contributed by atoms with van der Waals surface area (Å²) in [6, 6.07) is 0. The van der Waals surface area contributed by atoms with Gasteiger partial charge >= 0.3 is 0 Å². The van der Waals surface area contributed by atoms with Crippen LogP contribution in [0.3, 0.4) is 0 Å². The first-order chi connectivity index (χ1) is 17.1. The van der Waals surface area contributed by atoms with Crippen LogP contribution >= 0.6 is 35.3 Å². The molecule has 0 fully saturated rings. The summed E-state index contributed by atoms with van der Waals surface area (Å²) < 4.78 is 203. The zero-order valence-electron chi connectivity index (χ0n) is 16.5. The first-order valence-corrected chi connectivity index (χ1v) is 11.3. The number of halogens is 15. The van der Waals surface area contributed by atoms with Crippen LogP contribution in [-0.2, 0) is 0 Å². The molecule has 0 aromatic heterocycles. The largest absolute Gasteiger partial charge is 0.202 e. The van der Waals surface area contributed by atoms with E-state index < -0.39 is 141 Å². The van der Waals surface area contributed by atoms with Gasteiger partial charge in [-0.25, -0.2) is 65.9 Å². The molecule has 0 bridgehead atoms. The molecule has 0 radical (unpaired) electrons. The second-order valence-electron chi connectivity index (χ2n) is 6.34. The fourth-order valence-electron chi connectivity index (χ4n) is 2.43. The molecule has 0 atom stereocenters. The van der Waals surface area contributed by atoms with Crippen molar-refractivity contribution in [1.82, 2.24) is 0 Å². The van der Waals surface area contributed by atoms with E-state index in [0.717, 1.165) is 0 Å². The van der Waals surface area contributed by atoms with Crippen molar-refractivity contribution in [1.29, 1.82) is 0 Å². The minimum Gasteiger partial charge on any atom is -0.202 e. The minimum atomic E-state index is -2.67. The van der Waals surface area contributed by atoms with Crippen LogP contribution in [-0.4, -0.2) is 3.91 Å². The molecule has 3 aromatic carbocycles. The SMILES string of the molecule is Fc1c(F)c(F)c(SC(Sc2c(F)c(F)c(F)c(F)c2F)Sc2c(F)c(F)c(F)c(F)c2F)c(F)c1F. The molecule has 0 saturated heterocycles. The van der Waals surface area contributed by atoms with Gasteiger partial charge < -0.3 is 0 Å². The first-order valence-electron chi connectivity index (χ1n) is 8.65. The van der Waals surface area contributed by atoms with E-state index in [-0.39, 0.29) is 0 Å². The summed E-state index contributed by atoms with van der Waals surface area (Å²) in [7, 11) is 0. The fraction of sp³-hybridized carbons (Fsp3) is 0.0526. The third kappa shape index (κ3) is 5.06. The van der Waals surface area contributed by atoms with Crippen LogP contribution in [0.1, 0.15) is 0 Å². The van der Waals surface area contributed by atoms with E-state index in [1.54, 1.807) is 0 Å². The lowest BCUT2D eigenvalue weighted by Crippen LogP contribution is -2.09. The van der Waals surface area contributed by atoms with E-state index in [0.29, 0.717) is 0 Å². The average Bonchev–Trinajstić information content (AvgIpc) is 2.88. The van der Waals surface area contributed by atoms with Crippen molar-refractivity contribution in [2.75, 3.05) is 0 Å². The Bertz CT molecular complexity index is 1170. The van der Waals surface area contributed by atoms with Crippen molar-refractivity contribution in [2.45, 2.75) is 18.6 Å². The maximum absolute atomic E-state index is 14.1. The molecule has 3 aromatic rings. The Morgan fingerprint density at radius 3 is 0.541 bits per heavy atom. The van der Waals surface area contributed by atoms with Gasteiger partial charge in [-0.3, -0.25) is 0 Å². The molecule has 0 nitrogen and oxygen atoms in total. The highest BCUT2D eigenvalue weighted by molar-refractivity contribution is 8.32. The average molecular weight is 610 g/mol. The van der Waals surface area contributed by atoms with E-state index in [1.165, 1.54) is 0 Å². The number of benzene rings is 3. The van der Waals surface area contributed by atoms with Crippen molar-refractivity contribution in [3.8, 4) is 0 Å². The Morgan fingerprint density at radius 2 is 0.378 bits per heavy atom. The van der Waals surface area contributed by atoms with Crippen molar-refractivity contribution in [3.05, 3.63) is 87.3 Å². The van der Waals surface area contributed by atoms with Gasteiger partial charge in [-0.2, -0.15) is 0 Å². The maximum Gasteiger partial charge on any atom is 0.200 e. The van der Waals surface area contributed by atoms with Gasteiger partial charge in [-0.15, -0.1) is 0 Å². The highest BCUT2D eigenvalue weighted by Gasteiger charge is 2.34. The predicted octanol–water partition coefficient (Wildman–Crippen LogP) is 8.73. The number of hydrogen-bond acceptors (Lipinski definition) is 3. The Kier molecular flexibility index (Phi) is 8.53. The summed E-state index contributed by atoms with van der Waals surface area (Å²) in [5.74, 6) is -39.0. The number of thioether (sulfide) groups is 3. The molecule has 0 aliphatic carbocycles. The van der Waals surface area contributed by atoms with Crippen LogP contribution in [0, 0.1) is 87.3 Å². The van der Waals surface area contributed by atoms with Crippen LogP contribution in [0.15, 0.2) is 14.7 Å². The van der Waals surface area contributed by atoms with Gasteiger partial charge in [-0.1, -0.05) is 35.3 Å². The lowest BCUT2D eigenvalue weighted by Gasteiger charge is -2.19. The summed E-state index contributed by atoms with van der Waals surface area (Å²) in [5, 5.41) is 0. The molecule has 0 heterocycles. The summed E-state index contributed by atoms with van der Waals surface area (Å²) >= 11 is -2.04. The normalized spacial score (nSPS) is 11.7. The van der Waals surface area contributed by atoms with E-state index in [2.05, 4.69) is 0 Å². The third-order valence-corrected chi connectivity index (χ3v) is 8.24. The zero-order chi connectivity index (χ0) is 28.1. The first kappa shape index (κ1) is 29.2. The van der Waals surface area contributed by atoms with Crippen LogP contribution < -0.4 is 0 Å². The molecule has 18 heteroatoms. The molecule has 0 spiro atoms. The maximum atomic E-state index is 14.1. The lowest BCUT2D eigenvalue weighted by atomic mass is 10.3. The summed E-state index contributed by atoms with van der Waals surface area (Å²) in [6.07, 6.45) is 0. The standard InChI is InChI=1S/C19HF15S3/c20-1-4(23)10(29)16(11(30)5(1)24)35-19(36-17-12(31)6(25)2(21)7(26)13(17)32)37-18-14(33)8(27)3(22)9(28)15(18)34/h19H. The Hall–Kier alpha value is -2.34. The third-order valence-electron chi connectivity index (χ3n) is 4.15. The molecule has 37 heavy (non-hydrogen) atoms. The van der Waals surface area contributed by atoms with E-state index in [4.69, 9.17) is 0 Å². The summed E-state index contributed by atoms with van der Waals surface area (Å²) in [6.45, 7) is 0. The summed E-state index contributed by atoms with van der Waals surface area (Å²) in [5.41, 5.74) is 0. The van der Waals surface area contributed by atoms with Crippen LogP contribution in [0.5, 0.6) is 0 Å². The Morgan fingerprint density at radius 1 is 0.243 bits per heavy atom. The van der Waals surface area contributed by atoms with Gasteiger partial charge in [-0.05, 0) is 0 Å². The van der Waals surface area contributed by atoms with Crippen LogP contribution in [0.25, 0.3) is 0 Å². The minimum absolute atomic E-state index is 0.679.